The minimum absolute atomic E-state index is 0.193. The van der Waals surface area contributed by atoms with Gasteiger partial charge in [-0.1, -0.05) is 63.2 Å². The van der Waals surface area contributed by atoms with E-state index in [2.05, 4.69) is 32.6 Å². The second-order valence-corrected chi connectivity index (χ2v) is 6.44. The molecule has 0 amide bonds. The second-order valence-electron chi connectivity index (χ2n) is 6.44. The van der Waals surface area contributed by atoms with E-state index >= 15 is 0 Å². The van der Waals surface area contributed by atoms with Crippen molar-refractivity contribution in [3.63, 3.8) is 0 Å². The molecule has 2 aromatic rings. The molecule has 0 aromatic heterocycles. The summed E-state index contributed by atoms with van der Waals surface area (Å²) in [4.78, 5) is 15.7. The lowest BCUT2D eigenvalue weighted by atomic mass is 9.96. The molecule has 0 aliphatic carbocycles. The van der Waals surface area contributed by atoms with Crippen LogP contribution in [0.2, 0.25) is 0 Å². The van der Waals surface area contributed by atoms with Crippen LogP contribution in [0.1, 0.15) is 43.1 Å². The van der Waals surface area contributed by atoms with Gasteiger partial charge in [0.25, 0.3) is 0 Å². The van der Waals surface area contributed by atoms with Gasteiger partial charge < -0.3 is 9.47 Å². The normalized spacial score (nSPS) is 12.9. The first kappa shape index (κ1) is 20.7. The molecule has 2 unspecified atom stereocenters. The van der Waals surface area contributed by atoms with Crippen LogP contribution in [0.25, 0.3) is 0 Å². The van der Waals surface area contributed by atoms with Crippen LogP contribution in [0, 0.1) is 5.92 Å². The molecule has 0 radical (unpaired) electrons. The number of rotatable bonds is 10. The van der Waals surface area contributed by atoms with Crippen LogP contribution in [0.4, 0.5) is 0 Å². The second kappa shape index (κ2) is 10.5. The minimum Gasteiger partial charge on any atom is -0.457 e. The Morgan fingerprint density at radius 2 is 1.70 bits per heavy atom. The Balaban J connectivity index is 2.02. The highest BCUT2D eigenvalue weighted by atomic mass is 17.1. The summed E-state index contributed by atoms with van der Waals surface area (Å²) in [5.41, 5.74) is 2.91. The summed E-state index contributed by atoms with van der Waals surface area (Å²) in [5, 5.41) is 9.39. The highest BCUT2D eigenvalue weighted by Crippen LogP contribution is 2.27. The third-order valence-corrected chi connectivity index (χ3v) is 4.45. The zero-order valence-electron chi connectivity index (χ0n) is 15.8. The maximum absolute atomic E-state index is 11.0. The van der Waals surface area contributed by atoms with Crippen LogP contribution >= 0.6 is 0 Å². The molecule has 1 N–H and O–H groups in total. The zero-order chi connectivity index (χ0) is 19.6. The molecule has 144 valence electrons. The van der Waals surface area contributed by atoms with E-state index in [0.717, 1.165) is 30.0 Å². The summed E-state index contributed by atoms with van der Waals surface area (Å²) in [5.74, 6) is 0.632. The van der Waals surface area contributed by atoms with Crippen molar-refractivity contribution in [2.45, 2.75) is 32.8 Å². The standard InChI is InChI=1S/C22H26O5/c1-4-16(3)14-17-6-8-18(9-7-17)22(27-24)19-10-12-20(13-11-19)25-15-26-21(23)5-2/h5-13,16,22,24H,2,4,14-15H2,1,3H3. The Labute approximate surface area is 160 Å². The fourth-order valence-corrected chi connectivity index (χ4v) is 2.64. The van der Waals surface area contributed by atoms with Crippen molar-refractivity contribution in [2.75, 3.05) is 6.79 Å². The number of esters is 1. The van der Waals surface area contributed by atoms with Crippen molar-refractivity contribution >= 4 is 5.97 Å². The Bertz CT molecular complexity index is 721. The fraction of sp³-hybridized carbons (Fsp3) is 0.318. The Hall–Kier alpha value is -2.63. The molecule has 0 saturated heterocycles. The number of hydrogen-bond donors (Lipinski definition) is 1. The van der Waals surface area contributed by atoms with Crippen molar-refractivity contribution in [3.05, 3.63) is 77.9 Å². The number of carbonyl (C=O) groups excluding carboxylic acids is 1. The summed E-state index contributed by atoms with van der Waals surface area (Å²) in [6, 6.07) is 15.1. The fourth-order valence-electron chi connectivity index (χ4n) is 2.64. The summed E-state index contributed by atoms with van der Waals surface area (Å²) in [7, 11) is 0. The number of carbonyl (C=O) groups is 1. The molecule has 0 aliphatic rings. The highest BCUT2D eigenvalue weighted by molar-refractivity contribution is 5.81. The molecule has 0 heterocycles. The van der Waals surface area contributed by atoms with Crippen molar-refractivity contribution in [2.24, 2.45) is 5.92 Å². The van der Waals surface area contributed by atoms with Gasteiger partial charge in [0, 0.05) is 6.08 Å². The van der Waals surface area contributed by atoms with E-state index in [-0.39, 0.29) is 6.79 Å². The van der Waals surface area contributed by atoms with Gasteiger partial charge in [-0.2, -0.15) is 0 Å². The maximum atomic E-state index is 11.0. The number of benzene rings is 2. The van der Waals surface area contributed by atoms with Gasteiger partial charge in [-0.15, -0.1) is 0 Å². The predicted molar refractivity (Wildman–Crippen MR) is 103 cm³/mol. The van der Waals surface area contributed by atoms with Gasteiger partial charge in [0.2, 0.25) is 6.79 Å². The van der Waals surface area contributed by atoms with Crippen molar-refractivity contribution < 1.29 is 24.4 Å². The number of ether oxygens (including phenoxy) is 2. The smallest absolute Gasteiger partial charge is 0.333 e. The molecule has 0 aliphatic heterocycles. The Morgan fingerprint density at radius 1 is 1.11 bits per heavy atom. The van der Waals surface area contributed by atoms with Crippen molar-refractivity contribution in [1.82, 2.24) is 0 Å². The molecule has 0 saturated carbocycles. The first-order valence-corrected chi connectivity index (χ1v) is 8.98. The molecule has 0 bridgehead atoms. The lowest BCUT2D eigenvalue weighted by Gasteiger charge is -2.16. The van der Waals surface area contributed by atoms with E-state index in [1.165, 1.54) is 5.56 Å². The molecule has 5 heteroatoms. The average Bonchev–Trinajstić information content (AvgIpc) is 2.70. The minimum atomic E-state index is -0.588. The summed E-state index contributed by atoms with van der Waals surface area (Å²) in [6.45, 7) is 7.54. The Kier molecular flexibility index (Phi) is 8.04. The molecule has 5 nitrogen and oxygen atoms in total. The van der Waals surface area contributed by atoms with Gasteiger partial charge in [0.05, 0.1) is 0 Å². The monoisotopic (exact) mass is 370 g/mol. The first-order chi connectivity index (χ1) is 13.1. The molecular formula is C22H26O5. The quantitative estimate of drug-likeness (QED) is 0.211. The summed E-state index contributed by atoms with van der Waals surface area (Å²) < 4.78 is 10.1. The van der Waals surface area contributed by atoms with Gasteiger partial charge in [-0.05, 0) is 41.2 Å². The van der Waals surface area contributed by atoms with Gasteiger partial charge >= 0.3 is 5.97 Å². The SMILES string of the molecule is C=CC(=O)OCOc1ccc(C(OO)c2ccc(CC(C)CC)cc2)cc1. The van der Waals surface area contributed by atoms with E-state index in [1.807, 2.05) is 12.1 Å². The summed E-state index contributed by atoms with van der Waals surface area (Å²) >= 11 is 0. The third-order valence-electron chi connectivity index (χ3n) is 4.45. The van der Waals surface area contributed by atoms with Gasteiger partial charge in [-0.25, -0.2) is 9.68 Å². The largest absolute Gasteiger partial charge is 0.457 e. The first-order valence-electron chi connectivity index (χ1n) is 8.98. The van der Waals surface area contributed by atoms with E-state index in [4.69, 9.17) is 14.4 Å². The molecule has 2 aromatic carbocycles. The van der Waals surface area contributed by atoms with Crippen LogP contribution in [0.15, 0.2) is 61.2 Å². The van der Waals surface area contributed by atoms with E-state index in [9.17, 15) is 10.1 Å². The number of hydrogen-bond acceptors (Lipinski definition) is 5. The average molecular weight is 370 g/mol. The van der Waals surface area contributed by atoms with Gasteiger partial charge in [-0.3, -0.25) is 5.26 Å². The molecular weight excluding hydrogens is 344 g/mol. The van der Waals surface area contributed by atoms with E-state index < -0.39 is 12.1 Å². The van der Waals surface area contributed by atoms with Crippen LogP contribution in [-0.2, 0) is 20.8 Å². The van der Waals surface area contributed by atoms with Gasteiger partial charge in [0.1, 0.15) is 11.9 Å². The highest BCUT2D eigenvalue weighted by Gasteiger charge is 2.15. The Morgan fingerprint density at radius 3 is 2.22 bits per heavy atom. The molecule has 2 atom stereocenters. The lowest BCUT2D eigenvalue weighted by Crippen LogP contribution is -2.08. The van der Waals surface area contributed by atoms with Crippen molar-refractivity contribution in [1.29, 1.82) is 0 Å². The van der Waals surface area contributed by atoms with Crippen LogP contribution < -0.4 is 4.74 Å². The van der Waals surface area contributed by atoms with E-state index in [1.54, 1.807) is 24.3 Å². The van der Waals surface area contributed by atoms with Crippen LogP contribution in [0.5, 0.6) is 5.75 Å². The predicted octanol–water partition coefficient (Wildman–Crippen LogP) is 4.92. The lowest BCUT2D eigenvalue weighted by molar-refractivity contribution is -0.270. The van der Waals surface area contributed by atoms with Crippen molar-refractivity contribution in [3.8, 4) is 5.75 Å². The van der Waals surface area contributed by atoms with Crippen LogP contribution in [-0.4, -0.2) is 18.0 Å². The van der Waals surface area contributed by atoms with Crippen LogP contribution in [0.3, 0.4) is 0 Å². The maximum Gasteiger partial charge on any atom is 0.333 e. The summed E-state index contributed by atoms with van der Waals surface area (Å²) in [6.07, 6.45) is 2.66. The topological polar surface area (TPSA) is 65.0 Å². The molecule has 0 fully saturated rings. The molecule has 2 rings (SSSR count). The third kappa shape index (κ3) is 6.24. The zero-order valence-corrected chi connectivity index (χ0v) is 15.8. The van der Waals surface area contributed by atoms with Gasteiger partial charge in [0.15, 0.2) is 0 Å². The molecule has 27 heavy (non-hydrogen) atoms. The van der Waals surface area contributed by atoms with E-state index in [0.29, 0.717) is 11.7 Å². The molecule has 0 spiro atoms.